The molecule has 0 aliphatic rings. The summed E-state index contributed by atoms with van der Waals surface area (Å²) in [6.07, 6.45) is 4.56. The molecule has 0 fully saturated rings. The van der Waals surface area contributed by atoms with Gasteiger partial charge in [-0.05, 0) is 37.3 Å². The summed E-state index contributed by atoms with van der Waals surface area (Å²) in [5.74, 6) is 0.941. The van der Waals surface area contributed by atoms with E-state index in [9.17, 15) is 4.79 Å². The van der Waals surface area contributed by atoms with Crippen LogP contribution in [0.5, 0.6) is 0 Å². The zero-order valence-corrected chi connectivity index (χ0v) is 9.38. The van der Waals surface area contributed by atoms with Crippen LogP contribution >= 0.6 is 0 Å². The molecule has 4 nitrogen and oxygen atoms in total. The van der Waals surface area contributed by atoms with Crippen molar-refractivity contribution in [3.8, 4) is 0 Å². The Morgan fingerprint density at radius 2 is 2.24 bits per heavy atom. The highest BCUT2D eigenvalue weighted by molar-refractivity contribution is 6.01. The number of amides is 1. The van der Waals surface area contributed by atoms with Crippen molar-refractivity contribution < 1.29 is 9.21 Å². The SMILES string of the molecule is Cc1cccc(NC(=O)C=Cc2ccco2)n1. The largest absolute Gasteiger partial charge is 0.465 e. The maximum atomic E-state index is 11.5. The van der Waals surface area contributed by atoms with Gasteiger partial charge in [0.25, 0.3) is 0 Å². The second-order valence-electron chi connectivity index (χ2n) is 3.50. The predicted octanol–water partition coefficient (Wildman–Crippen LogP) is 2.63. The summed E-state index contributed by atoms with van der Waals surface area (Å²) in [4.78, 5) is 15.7. The molecule has 0 bridgehead atoms. The monoisotopic (exact) mass is 228 g/mol. The van der Waals surface area contributed by atoms with Gasteiger partial charge in [-0.1, -0.05) is 6.07 Å². The summed E-state index contributed by atoms with van der Waals surface area (Å²) < 4.78 is 5.07. The lowest BCUT2D eigenvalue weighted by Crippen LogP contribution is -2.09. The first-order chi connectivity index (χ1) is 8.24. The molecule has 0 saturated carbocycles. The average molecular weight is 228 g/mol. The molecule has 2 aromatic rings. The van der Waals surface area contributed by atoms with Crippen LogP contribution in [0.1, 0.15) is 11.5 Å². The van der Waals surface area contributed by atoms with E-state index >= 15 is 0 Å². The lowest BCUT2D eigenvalue weighted by Gasteiger charge is -2.01. The zero-order valence-electron chi connectivity index (χ0n) is 9.38. The molecule has 2 heterocycles. The fraction of sp³-hybridized carbons (Fsp3) is 0.0769. The molecule has 0 aromatic carbocycles. The molecular formula is C13H12N2O2. The van der Waals surface area contributed by atoms with Crippen molar-refractivity contribution in [2.75, 3.05) is 5.32 Å². The Kier molecular flexibility index (Phi) is 3.35. The third-order valence-corrected chi connectivity index (χ3v) is 2.08. The number of anilines is 1. The average Bonchev–Trinajstić information content (AvgIpc) is 2.79. The number of nitrogens with zero attached hydrogens (tertiary/aromatic N) is 1. The number of carbonyl (C=O) groups excluding carboxylic acids is 1. The third-order valence-electron chi connectivity index (χ3n) is 2.08. The molecule has 86 valence electrons. The molecule has 0 aliphatic carbocycles. The van der Waals surface area contributed by atoms with Crippen LogP contribution in [0.2, 0.25) is 0 Å². The summed E-state index contributed by atoms with van der Waals surface area (Å²) in [5.41, 5.74) is 0.859. The highest BCUT2D eigenvalue weighted by Gasteiger charge is 1.99. The third kappa shape index (κ3) is 3.31. The molecule has 4 heteroatoms. The van der Waals surface area contributed by atoms with Crippen molar-refractivity contribution >= 4 is 17.8 Å². The number of hydrogen-bond donors (Lipinski definition) is 1. The Morgan fingerprint density at radius 1 is 1.35 bits per heavy atom. The van der Waals surface area contributed by atoms with Crippen LogP contribution in [0.25, 0.3) is 6.08 Å². The quantitative estimate of drug-likeness (QED) is 0.821. The first-order valence-corrected chi connectivity index (χ1v) is 5.20. The molecule has 1 N–H and O–H groups in total. The van der Waals surface area contributed by atoms with Gasteiger partial charge >= 0.3 is 0 Å². The topological polar surface area (TPSA) is 55.1 Å². The predicted molar refractivity (Wildman–Crippen MR) is 65.3 cm³/mol. The molecule has 2 aromatic heterocycles. The Bertz CT molecular complexity index is 530. The minimum Gasteiger partial charge on any atom is -0.465 e. The van der Waals surface area contributed by atoms with Gasteiger partial charge in [-0.15, -0.1) is 0 Å². The van der Waals surface area contributed by atoms with Gasteiger partial charge in [-0.25, -0.2) is 4.98 Å². The van der Waals surface area contributed by atoms with E-state index in [1.54, 1.807) is 30.5 Å². The highest BCUT2D eigenvalue weighted by Crippen LogP contribution is 2.05. The van der Waals surface area contributed by atoms with Crippen molar-refractivity contribution in [2.24, 2.45) is 0 Å². The lowest BCUT2D eigenvalue weighted by molar-refractivity contribution is -0.111. The van der Waals surface area contributed by atoms with Gasteiger partial charge in [-0.3, -0.25) is 4.79 Å². The Hall–Kier alpha value is -2.36. The van der Waals surface area contributed by atoms with Crippen molar-refractivity contribution in [1.29, 1.82) is 0 Å². The van der Waals surface area contributed by atoms with E-state index < -0.39 is 0 Å². The van der Waals surface area contributed by atoms with E-state index in [0.29, 0.717) is 11.6 Å². The molecule has 17 heavy (non-hydrogen) atoms. The van der Waals surface area contributed by atoms with E-state index in [1.165, 1.54) is 6.08 Å². The maximum absolute atomic E-state index is 11.5. The van der Waals surface area contributed by atoms with Crippen LogP contribution in [0, 0.1) is 6.92 Å². The number of rotatable bonds is 3. The van der Waals surface area contributed by atoms with Crippen LogP contribution < -0.4 is 5.32 Å². The Labute approximate surface area is 99.0 Å². The van der Waals surface area contributed by atoms with Crippen LogP contribution in [0.4, 0.5) is 5.82 Å². The van der Waals surface area contributed by atoms with E-state index in [0.717, 1.165) is 5.69 Å². The molecule has 0 spiro atoms. The Balaban J connectivity index is 1.98. The minimum absolute atomic E-state index is 0.237. The highest BCUT2D eigenvalue weighted by atomic mass is 16.3. The summed E-state index contributed by atoms with van der Waals surface area (Å²) >= 11 is 0. The van der Waals surface area contributed by atoms with Gasteiger partial charge in [0, 0.05) is 11.8 Å². The number of pyridine rings is 1. The molecule has 0 saturated heterocycles. The van der Waals surface area contributed by atoms with Gasteiger partial charge in [-0.2, -0.15) is 0 Å². The van der Waals surface area contributed by atoms with Gasteiger partial charge in [0.2, 0.25) is 5.91 Å². The first-order valence-electron chi connectivity index (χ1n) is 5.20. The summed E-state index contributed by atoms with van der Waals surface area (Å²) in [5, 5.41) is 2.67. The fourth-order valence-corrected chi connectivity index (χ4v) is 1.32. The van der Waals surface area contributed by atoms with E-state index in [1.807, 2.05) is 19.1 Å². The number of aromatic nitrogens is 1. The summed E-state index contributed by atoms with van der Waals surface area (Å²) in [7, 11) is 0. The van der Waals surface area contributed by atoms with Gasteiger partial charge in [0.1, 0.15) is 11.6 Å². The van der Waals surface area contributed by atoms with E-state index in [2.05, 4.69) is 10.3 Å². The molecule has 2 rings (SSSR count). The molecule has 0 unspecified atom stereocenters. The van der Waals surface area contributed by atoms with Crippen LogP contribution in [0.15, 0.2) is 47.1 Å². The van der Waals surface area contributed by atoms with Crippen LogP contribution in [-0.4, -0.2) is 10.9 Å². The lowest BCUT2D eigenvalue weighted by atomic mass is 10.3. The molecule has 0 radical (unpaired) electrons. The van der Waals surface area contributed by atoms with Gasteiger partial charge < -0.3 is 9.73 Å². The smallest absolute Gasteiger partial charge is 0.249 e. The number of hydrogen-bond acceptors (Lipinski definition) is 3. The van der Waals surface area contributed by atoms with Crippen molar-refractivity contribution in [2.45, 2.75) is 6.92 Å². The van der Waals surface area contributed by atoms with E-state index in [-0.39, 0.29) is 5.91 Å². The maximum Gasteiger partial charge on any atom is 0.249 e. The van der Waals surface area contributed by atoms with Crippen molar-refractivity contribution in [3.63, 3.8) is 0 Å². The number of aryl methyl sites for hydroxylation is 1. The van der Waals surface area contributed by atoms with Crippen LogP contribution in [0.3, 0.4) is 0 Å². The van der Waals surface area contributed by atoms with Gasteiger partial charge in [0.15, 0.2) is 0 Å². The van der Waals surface area contributed by atoms with Crippen molar-refractivity contribution in [3.05, 3.63) is 54.1 Å². The minimum atomic E-state index is -0.237. The second-order valence-corrected chi connectivity index (χ2v) is 3.50. The zero-order chi connectivity index (χ0) is 12.1. The second kappa shape index (κ2) is 5.12. The van der Waals surface area contributed by atoms with Gasteiger partial charge in [0.05, 0.1) is 6.26 Å². The standard InChI is InChI=1S/C13H12N2O2/c1-10-4-2-6-12(14-10)15-13(16)8-7-11-5-3-9-17-11/h2-9H,1H3,(H,14,15,16). The molecule has 0 atom stereocenters. The normalized spacial score (nSPS) is 10.6. The number of nitrogens with one attached hydrogen (secondary N) is 1. The summed E-state index contributed by atoms with van der Waals surface area (Å²) in [6.45, 7) is 1.87. The molecule has 1 amide bonds. The van der Waals surface area contributed by atoms with E-state index in [4.69, 9.17) is 4.42 Å². The fourth-order valence-electron chi connectivity index (χ4n) is 1.32. The number of carbonyl (C=O) groups is 1. The van der Waals surface area contributed by atoms with Crippen LogP contribution in [-0.2, 0) is 4.79 Å². The molecular weight excluding hydrogens is 216 g/mol. The van der Waals surface area contributed by atoms with Crippen molar-refractivity contribution in [1.82, 2.24) is 4.98 Å². The summed E-state index contributed by atoms with van der Waals surface area (Å²) in [6, 6.07) is 8.99. The first kappa shape index (κ1) is 11.1. The number of furan rings is 1. The molecule has 0 aliphatic heterocycles. The Morgan fingerprint density at radius 3 is 2.94 bits per heavy atom.